The normalized spacial score (nSPS) is 13.5. The molecule has 1 fully saturated rings. The second-order valence-corrected chi connectivity index (χ2v) is 7.34. The lowest BCUT2D eigenvalue weighted by atomic mass is 10.2. The maximum absolute atomic E-state index is 10.7. The fraction of sp³-hybridized carbons (Fsp3) is 0.261. The highest BCUT2D eigenvalue weighted by atomic mass is 16.5. The summed E-state index contributed by atoms with van der Waals surface area (Å²) in [5.74, 6) is 0.804. The molecule has 0 unspecified atom stereocenters. The van der Waals surface area contributed by atoms with Crippen LogP contribution in [-0.2, 0) is 9.53 Å². The first-order valence-electron chi connectivity index (χ1n) is 10.8. The van der Waals surface area contributed by atoms with Gasteiger partial charge in [-0.25, -0.2) is 10.2 Å². The number of ether oxygens (including phenoxy) is 3. The molecule has 1 aliphatic rings. The van der Waals surface area contributed by atoms with Crippen molar-refractivity contribution in [2.24, 2.45) is 5.10 Å². The summed E-state index contributed by atoms with van der Waals surface area (Å²) >= 11 is 0. The smallest absolute Gasteiger partial charge is 0.341 e. The van der Waals surface area contributed by atoms with E-state index in [0.29, 0.717) is 55.3 Å². The number of rotatable bonds is 10. The van der Waals surface area contributed by atoms with Gasteiger partial charge in [0.15, 0.2) is 18.1 Å². The van der Waals surface area contributed by atoms with E-state index in [4.69, 9.17) is 19.3 Å². The number of carbonyl (C=O) groups is 1. The van der Waals surface area contributed by atoms with E-state index in [0.717, 1.165) is 5.69 Å². The van der Waals surface area contributed by atoms with Crippen LogP contribution in [0.4, 0.5) is 23.5 Å². The number of hydrazone groups is 1. The van der Waals surface area contributed by atoms with Gasteiger partial charge in [-0.3, -0.25) is 0 Å². The van der Waals surface area contributed by atoms with Gasteiger partial charge in [-0.15, -0.1) is 0 Å². The predicted molar refractivity (Wildman–Crippen MR) is 130 cm³/mol. The Balaban J connectivity index is 1.51. The lowest BCUT2D eigenvalue weighted by molar-refractivity contribution is -0.139. The van der Waals surface area contributed by atoms with Crippen molar-refractivity contribution in [1.82, 2.24) is 15.0 Å². The molecule has 12 heteroatoms. The molecular weight excluding hydrogens is 454 g/mol. The second-order valence-electron chi connectivity index (χ2n) is 7.34. The van der Waals surface area contributed by atoms with Crippen LogP contribution in [0.15, 0.2) is 53.6 Å². The van der Waals surface area contributed by atoms with Crippen molar-refractivity contribution in [3.63, 3.8) is 0 Å². The minimum absolute atomic E-state index is 0.268. The maximum atomic E-state index is 10.7. The summed E-state index contributed by atoms with van der Waals surface area (Å²) in [5, 5.41) is 16.2. The van der Waals surface area contributed by atoms with Crippen molar-refractivity contribution in [2.75, 3.05) is 55.7 Å². The van der Waals surface area contributed by atoms with Gasteiger partial charge in [0.1, 0.15) is 0 Å². The summed E-state index contributed by atoms with van der Waals surface area (Å²) in [6.07, 6.45) is 1.56. The third-order valence-electron chi connectivity index (χ3n) is 4.86. The lowest BCUT2D eigenvalue weighted by Gasteiger charge is -2.27. The number of nitrogens with zero attached hydrogens (tertiary/aromatic N) is 5. The topological polar surface area (TPSA) is 143 Å². The molecular formula is C23H25N7O5. The average molecular weight is 479 g/mol. The number of carboxylic acids is 1. The standard InChI is InChI=1S/C23H25N7O5/c1-33-19-13-16(7-8-18(19)35-15-20(31)32)14-24-29-22-26-21(25-17-5-3-2-4-6-17)27-23(28-22)30-9-11-34-12-10-30/h2-8,13-14H,9-12,15H2,1H3,(H,31,32)(H2,25,26,27,28,29)/b24-14+. The van der Waals surface area contributed by atoms with Crippen molar-refractivity contribution >= 4 is 35.7 Å². The second kappa shape index (κ2) is 11.6. The van der Waals surface area contributed by atoms with Gasteiger partial charge in [0.05, 0.1) is 26.5 Å². The first kappa shape index (κ1) is 23.7. The number of hydrogen-bond acceptors (Lipinski definition) is 11. The van der Waals surface area contributed by atoms with Gasteiger partial charge in [0.25, 0.3) is 0 Å². The zero-order chi connectivity index (χ0) is 24.5. The molecule has 182 valence electrons. The molecule has 2 heterocycles. The number of anilines is 4. The third kappa shape index (κ3) is 6.77. The number of para-hydroxylation sites is 1. The molecule has 35 heavy (non-hydrogen) atoms. The Morgan fingerprint density at radius 1 is 1.11 bits per heavy atom. The van der Waals surface area contributed by atoms with Crippen LogP contribution in [0.3, 0.4) is 0 Å². The van der Waals surface area contributed by atoms with Crippen molar-refractivity contribution in [1.29, 1.82) is 0 Å². The van der Waals surface area contributed by atoms with Crippen molar-refractivity contribution < 1.29 is 24.1 Å². The zero-order valence-corrected chi connectivity index (χ0v) is 19.0. The summed E-state index contributed by atoms with van der Waals surface area (Å²) in [6.45, 7) is 2.08. The Labute approximate surface area is 201 Å². The van der Waals surface area contributed by atoms with E-state index in [-0.39, 0.29) is 5.95 Å². The summed E-state index contributed by atoms with van der Waals surface area (Å²) < 4.78 is 15.9. The quantitative estimate of drug-likeness (QED) is 0.291. The van der Waals surface area contributed by atoms with Crippen molar-refractivity contribution in [2.45, 2.75) is 0 Å². The Morgan fingerprint density at radius 3 is 2.63 bits per heavy atom. The number of aliphatic carboxylic acids is 1. The van der Waals surface area contributed by atoms with Gasteiger partial charge >= 0.3 is 5.97 Å². The number of hydrogen-bond donors (Lipinski definition) is 3. The Hall–Kier alpha value is -4.45. The van der Waals surface area contributed by atoms with E-state index < -0.39 is 12.6 Å². The monoisotopic (exact) mass is 479 g/mol. The molecule has 3 aromatic rings. The van der Waals surface area contributed by atoms with Crippen LogP contribution in [0.1, 0.15) is 5.56 Å². The summed E-state index contributed by atoms with van der Waals surface area (Å²) in [4.78, 5) is 26.2. The van der Waals surface area contributed by atoms with E-state index in [9.17, 15) is 4.79 Å². The molecule has 0 saturated carbocycles. The van der Waals surface area contributed by atoms with Crippen LogP contribution in [0.2, 0.25) is 0 Å². The molecule has 0 amide bonds. The van der Waals surface area contributed by atoms with Crippen LogP contribution in [-0.4, -0.2) is 72.3 Å². The first-order valence-corrected chi connectivity index (χ1v) is 10.8. The van der Waals surface area contributed by atoms with Crippen LogP contribution in [0.25, 0.3) is 0 Å². The Morgan fingerprint density at radius 2 is 1.89 bits per heavy atom. The molecule has 4 rings (SSSR count). The number of methoxy groups -OCH3 is 1. The highest BCUT2D eigenvalue weighted by Gasteiger charge is 2.17. The largest absolute Gasteiger partial charge is 0.493 e. The fourth-order valence-electron chi connectivity index (χ4n) is 3.21. The van der Waals surface area contributed by atoms with E-state index in [1.54, 1.807) is 24.4 Å². The van der Waals surface area contributed by atoms with Gasteiger partial charge in [0.2, 0.25) is 17.8 Å². The molecule has 3 N–H and O–H groups in total. The van der Waals surface area contributed by atoms with E-state index in [2.05, 4.69) is 30.8 Å². The summed E-state index contributed by atoms with van der Waals surface area (Å²) in [7, 11) is 1.47. The van der Waals surface area contributed by atoms with Gasteiger partial charge in [-0.1, -0.05) is 18.2 Å². The highest BCUT2D eigenvalue weighted by molar-refractivity contribution is 5.81. The molecule has 2 aromatic carbocycles. The van der Waals surface area contributed by atoms with Crippen LogP contribution >= 0.6 is 0 Å². The highest BCUT2D eigenvalue weighted by Crippen LogP contribution is 2.27. The molecule has 0 spiro atoms. The molecule has 12 nitrogen and oxygen atoms in total. The molecule has 0 bridgehead atoms. The van der Waals surface area contributed by atoms with Crippen molar-refractivity contribution in [3.8, 4) is 11.5 Å². The van der Waals surface area contributed by atoms with Gasteiger partial charge in [-0.05, 0) is 35.9 Å². The number of carboxylic acid groups (broad SMARTS) is 1. The minimum atomic E-state index is -1.07. The SMILES string of the molecule is COc1cc(/C=N/Nc2nc(Nc3ccccc3)nc(N3CCOCC3)n2)ccc1OCC(=O)O. The summed E-state index contributed by atoms with van der Waals surface area (Å²) in [5.41, 5.74) is 4.39. The molecule has 1 saturated heterocycles. The Kier molecular flexibility index (Phi) is 7.86. The molecule has 1 aliphatic heterocycles. The van der Waals surface area contributed by atoms with Gasteiger partial charge < -0.3 is 29.5 Å². The summed E-state index contributed by atoms with van der Waals surface area (Å²) in [6, 6.07) is 14.6. The number of nitrogens with one attached hydrogen (secondary N) is 2. The zero-order valence-electron chi connectivity index (χ0n) is 19.0. The van der Waals surface area contributed by atoms with Crippen LogP contribution < -0.4 is 25.1 Å². The predicted octanol–water partition coefficient (Wildman–Crippen LogP) is 2.37. The van der Waals surface area contributed by atoms with Crippen molar-refractivity contribution in [3.05, 3.63) is 54.1 Å². The molecule has 0 atom stereocenters. The molecule has 0 aliphatic carbocycles. The van der Waals surface area contributed by atoms with Crippen LogP contribution in [0.5, 0.6) is 11.5 Å². The molecule has 0 radical (unpaired) electrons. The van der Waals surface area contributed by atoms with Gasteiger partial charge in [-0.2, -0.15) is 20.1 Å². The number of morpholine rings is 1. The Bertz CT molecular complexity index is 1170. The third-order valence-corrected chi connectivity index (χ3v) is 4.86. The van der Waals surface area contributed by atoms with E-state index >= 15 is 0 Å². The average Bonchev–Trinajstić information content (AvgIpc) is 2.88. The van der Waals surface area contributed by atoms with Crippen LogP contribution in [0, 0.1) is 0 Å². The number of benzene rings is 2. The molecule has 1 aromatic heterocycles. The first-order chi connectivity index (χ1) is 17.1. The van der Waals surface area contributed by atoms with E-state index in [1.807, 2.05) is 35.2 Å². The fourth-order valence-corrected chi connectivity index (χ4v) is 3.21. The minimum Gasteiger partial charge on any atom is -0.493 e. The lowest BCUT2D eigenvalue weighted by Crippen LogP contribution is -2.37. The number of aromatic nitrogens is 3. The van der Waals surface area contributed by atoms with Gasteiger partial charge in [0, 0.05) is 18.8 Å². The van der Waals surface area contributed by atoms with E-state index in [1.165, 1.54) is 7.11 Å². The maximum Gasteiger partial charge on any atom is 0.341 e.